The highest BCUT2D eigenvalue weighted by atomic mass is 14.9. The zero-order valence-electron chi connectivity index (χ0n) is 27.6. The maximum Gasteiger partial charge on any atom is 0.160 e. The highest BCUT2D eigenvalue weighted by molar-refractivity contribution is 5.77. The molecule has 0 bridgehead atoms. The van der Waals surface area contributed by atoms with Gasteiger partial charge >= 0.3 is 0 Å². The summed E-state index contributed by atoms with van der Waals surface area (Å²) in [6.07, 6.45) is 0.963. The average molecular weight is 639 g/mol. The summed E-state index contributed by atoms with van der Waals surface area (Å²) < 4.78 is 0. The number of fused-ring (bicyclic) bond motifs is 3. The molecule has 0 fully saturated rings. The molecule has 0 spiro atoms. The van der Waals surface area contributed by atoms with Crippen molar-refractivity contribution in [3.05, 3.63) is 205 Å². The third-order valence-electron chi connectivity index (χ3n) is 9.92. The first kappa shape index (κ1) is 29.7. The van der Waals surface area contributed by atoms with E-state index < -0.39 is 0 Å². The molecular formula is C48H34N2. The molecule has 7 aromatic carbocycles. The zero-order chi connectivity index (χ0) is 33.3. The first-order valence-electron chi connectivity index (χ1n) is 17.3. The van der Waals surface area contributed by atoms with E-state index in [1.807, 2.05) is 0 Å². The van der Waals surface area contributed by atoms with Gasteiger partial charge in [-0.2, -0.15) is 0 Å². The van der Waals surface area contributed by atoms with Crippen LogP contribution in [0.4, 0.5) is 0 Å². The Labute approximate surface area is 293 Å². The molecule has 1 unspecified atom stereocenters. The number of hydrogen-bond donors (Lipinski definition) is 0. The van der Waals surface area contributed by atoms with Crippen molar-refractivity contribution in [2.75, 3.05) is 0 Å². The summed E-state index contributed by atoms with van der Waals surface area (Å²) in [5.41, 5.74) is 16.4. The highest BCUT2D eigenvalue weighted by Crippen LogP contribution is 2.43. The minimum absolute atomic E-state index is 0.250. The van der Waals surface area contributed by atoms with E-state index in [1.165, 1.54) is 50.1 Å². The monoisotopic (exact) mass is 638 g/mol. The molecule has 236 valence electrons. The molecule has 0 N–H and O–H groups in total. The van der Waals surface area contributed by atoms with Crippen LogP contribution in [0.25, 0.3) is 67.3 Å². The smallest absolute Gasteiger partial charge is 0.160 e. The molecule has 1 atom stereocenters. The van der Waals surface area contributed by atoms with Crippen LogP contribution in [0.3, 0.4) is 0 Å². The van der Waals surface area contributed by atoms with Crippen LogP contribution >= 0.6 is 0 Å². The Kier molecular flexibility index (Phi) is 7.68. The Balaban J connectivity index is 1.13. The van der Waals surface area contributed by atoms with Crippen LogP contribution in [0.2, 0.25) is 0 Å². The Morgan fingerprint density at radius 3 is 1.46 bits per heavy atom. The fourth-order valence-electron chi connectivity index (χ4n) is 7.33. The molecule has 9 rings (SSSR count). The molecule has 0 amide bonds. The largest absolute Gasteiger partial charge is 0.228 e. The van der Waals surface area contributed by atoms with Crippen molar-refractivity contribution in [1.82, 2.24) is 9.97 Å². The van der Waals surface area contributed by atoms with Crippen molar-refractivity contribution in [3.63, 3.8) is 0 Å². The van der Waals surface area contributed by atoms with Crippen LogP contribution in [0.1, 0.15) is 22.6 Å². The van der Waals surface area contributed by atoms with Crippen LogP contribution in [-0.4, -0.2) is 9.97 Å². The number of rotatable bonds is 6. The second-order valence-corrected chi connectivity index (χ2v) is 13.0. The normalized spacial score (nSPS) is 13.3. The molecule has 8 aromatic rings. The molecule has 1 aromatic heterocycles. The number of hydrogen-bond acceptors (Lipinski definition) is 2. The third-order valence-corrected chi connectivity index (χ3v) is 9.92. The molecule has 0 saturated heterocycles. The van der Waals surface area contributed by atoms with E-state index in [1.54, 1.807) is 0 Å². The lowest BCUT2D eigenvalue weighted by atomic mass is 9.75. The van der Waals surface area contributed by atoms with Gasteiger partial charge in [-0.15, -0.1) is 0 Å². The van der Waals surface area contributed by atoms with E-state index in [4.69, 9.17) is 9.97 Å². The van der Waals surface area contributed by atoms with E-state index in [-0.39, 0.29) is 5.92 Å². The van der Waals surface area contributed by atoms with E-state index in [2.05, 4.69) is 188 Å². The van der Waals surface area contributed by atoms with Gasteiger partial charge in [0.25, 0.3) is 0 Å². The van der Waals surface area contributed by atoms with Gasteiger partial charge in [0.05, 0.1) is 11.4 Å². The summed E-state index contributed by atoms with van der Waals surface area (Å²) in [6.45, 7) is 0. The molecule has 1 aliphatic carbocycles. The van der Waals surface area contributed by atoms with E-state index in [0.29, 0.717) is 0 Å². The van der Waals surface area contributed by atoms with Crippen molar-refractivity contribution in [2.45, 2.75) is 12.3 Å². The van der Waals surface area contributed by atoms with Gasteiger partial charge < -0.3 is 0 Å². The van der Waals surface area contributed by atoms with Crippen molar-refractivity contribution >= 4 is 0 Å². The number of benzene rings is 7. The average Bonchev–Trinajstić information content (AvgIpc) is 3.21. The first-order valence-corrected chi connectivity index (χ1v) is 17.3. The van der Waals surface area contributed by atoms with Crippen molar-refractivity contribution in [2.24, 2.45) is 0 Å². The summed E-state index contributed by atoms with van der Waals surface area (Å²) in [4.78, 5) is 10.4. The second-order valence-electron chi connectivity index (χ2n) is 13.0. The van der Waals surface area contributed by atoms with Gasteiger partial charge in [0.1, 0.15) is 0 Å². The molecular weight excluding hydrogens is 605 g/mol. The summed E-state index contributed by atoms with van der Waals surface area (Å²) in [5, 5.41) is 0. The fraction of sp³-hybridized carbons (Fsp3) is 0.0417. The van der Waals surface area contributed by atoms with Crippen LogP contribution in [0.15, 0.2) is 188 Å². The van der Waals surface area contributed by atoms with Crippen molar-refractivity contribution in [1.29, 1.82) is 0 Å². The first-order chi connectivity index (χ1) is 24.8. The van der Waals surface area contributed by atoms with Crippen LogP contribution < -0.4 is 0 Å². The molecule has 0 saturated carbocycles. The van der Waals surface area contributed by atoms with Gasteiger partial charge in [0.2, 0.25) is 0 Å². The predicted molar refractivity (Wildman–Crippen MR) is 207 cm³/mol. The summed E-state index contributed by atoms with van der Waals surface area (Å²) in [5.74, 6) is 0.975. The van der Waals surface area contributed by atoms with Gasteiger partial charge in [0, 0.05) is 22.6 Å². The standard InChI is InChI=1S/C48H34N2/c1-3-12-33(13-4-1)35-22-26-37(27-23-35)46-32-47(38-28-24-36(25-29-38)34-14-5-2-6-15-34)50-48(49-46)41-18-11-17-39(30-41)45-31-40-16-7-8-19-42(40)43-20-9-10-21-44(43)45/h1-30,32,45H,31H2. The predicted octanol–water partition coefficient (Wildman–Crippen LogP) is 12.2. The quantitative estimate of drug-likeness (QED) is 0.181. The number of nitrogens with zero attached hydrogens (tertiary/aromatic N) is 2. The molecule has 1 heterocycles. The van der Waals surface area contributed by atoms with Crippen LogP contribution in [0.5, 0.6) is 0 Å². The lowest BCUT2D eigenvalue weighted by molar-refractivity contribution is 0.794. The summed E-state index contributed by atoms with van der Waals surface area (Å²) in [6, 6.07) is 67.0. The highest BCUT2D eigenvalue weighted by Gasteiger charge is 2.26. The van der Waals surface area contributed by atoms with E-state index in [0.717, 1.165) is 40.3 Å². The minimum atomic E-state index is 0.250. The lowest BCUT2D eigenvalue weighted by Crippen LogP contribution is -2.12. The molecule has 50 heavy (non-hydrogen) atoms. The Morgan fingerprint density at radius 2 is 0.840 bits per heavy atom. The lowest BCUT2D eigenvalue weighted by Gasteiger charge is -2.28. The van der Waals surface area contributed by atoms with E-state index >= 15 is 0 Å². The SMILES string of the molecule is c1ccc(-c2ccc(-c3cc(-c4ccc(-c5ccccc5)cc4)nc(-c4cccc(C5Cc6ccccc6-c6ccccc65)c4)n3)cc2)cc1. The van der Waals surface area contributed by atoms with Crippen LogP contribution in [0, 0.1) is 0 Å². The van der Waals surface area contributed by atoms with Crippen LogP contribution in [-0.2, 0) is 6.42 Å². The topological polar surface area (TPSA) is 25.8 Å². The summed E-state index contributed by atoms with van der Waals surface area (Å²) in [7, 11) is 0. The molecule has 0 radical (unpaired) electrons. The zero-order valence-corrected chi connectivity index (χ0v) is 27.6. The maximum atomic E-state index is 5.22. The Morgan fingerprint density at radius 1 is 0.360 bits per heavy atom. The van der Waals surface area contributed by atoms with Gasteiger partial charge in [-0.25, -0.2) is 9.97 Å². The molecule has 2 nitrogen and oxygen atoms in total. The maximum absolute atomic E-state index is 5.22. The van der Waals surface area contributed by atoms with Gasteiger partial charge in [-0.3, -0.25) is 0 Å². The third kappa shape index (κ3) is 5.71. The van der Waals surface area contributed by atoms with E-state index in [9.17, 15) is 0 Å². The van der Waals surface area contributed by atoms with Gasteiger partial charge in [-0.1, -0.05) is 176 Å². The van der Waals surface area contributed by atoms with Gasteiger partial charge in [0.15, 0.2) is 5.82 Å². The summed E-state index contributed by atoms with van der Waals surface area (Å²) >= 11 is 0. The van der Waals surface area contributed by atoms with Gasteiger partial charge in [-0.05, 0) is 68.6 Å². The molecule has 1 aliphatic rings. The Hall–Kier alpha value is -6.38. The van der Waals surface area contributed by atoms with Crippen molar-refractivity contribution < 1.29 is 0 Å². The fourth-order valence-corrected chi connectivity index (χ4v) is 7.33. The van der Waals surface area contributed by atoms with Crippen molar-refractivity contribution in [3.8, 4) is 67.3 Å². The minimum Gasteiger partial charge on any atom is -0.228 e. The molecule has 2 heteroatoms. The number of aromatic nitrogens is 2. The second kappa shape index (κ2) is 12.9. The Bertz CT molecular complexity index is 2330. The molecule has 0 aliphatic heterocycles.